The molecule has 0 radical (unpaired) electrons. The predicted octanol–water partition coefficient (Wildman–Crippen LogP) is 3.39. The fraction of sp³-hybridized carbons (Fsp3) is 0.500. The molecule has 1 atom stereocenters. The van der Waals surface area contributed by atoms with Gasteiger partial charge >= 0.3 is 0 Å². The zero-order valence-electron chi connectivity index (χ0n) is 11.8. The molecule has 2 rings (SSSR count). The van der Waals surface area contributed by atoms with Crippen molar-refractivity contribution >= 4 is 11.6 Å². The third-order valence-electron chi connectivity index (χ3n) is 3.27. The van der Waals surface area contributed by atoms with Gasteiger partial charge in [0, 0.05) is 13.6 Å². The summed E-state index contributed by atoms with van der Waals surface area (Å²) in [5, 5.41) is 8.58. The van der Waals surface area contributed by atoms with Crippen molar-refractivity contribution in [2.75, 3.05) is 0 Å². The van der Waals surface area contributed by atoms with Gasteiger partial charge in [-0.2, -0.15) is 5.10 Å². The van der Waals surface area contributed by atoms with Crippen LogP contribution in [0.3, 0.4) is 0 Å². The van der Waals surface area contributed by atoms with E-state index in [1.807, 2.05) is 30.8 Å². The molecular weight excluding hydrogens is 262 g/mol. The number of halogens is 1. The molecule has 0 bridgehead atoms. The minimum atomic E-state index is 0.143. The predicted molar refractivity (Wildman–Crippen MR) is 76.3 cm³/mol. The number of furan rings is 1. The summed E-state index contributed by atoms with van der Waals surface area (Å²) in [7, 11) is 1.92. The van der Waals surface area contributed by atoms with E-state index in [4.69, 9.17) is 16.0 Å². The highest BCUT2D eigenvalue weighted by Gasteiger charge is 2.15. The maximum atomic E-state index is 6.32. The van der Waals surface area contributed by atoms with Crippen molar-refractivity contribution in [3.8, 4) is 0 Å². The molecule has 0 spiro atoms. The van der Waals surface area contributed by atoms with Gasteiger partial charge in [-0.25, -0.2) is 0 Å². The van der Waals surface area contributed by atoms with Gasteiger partial charge < -0.3 is 9.73 Å². The Morgan fingerprint density at radius 2 is 2.21 bits per heavy atom. The monoisotopic (exact) mass is 281 g/mol. The highest BCUT2D eigenvalue weighted by molar-refractivity contribution is 6.31. The van der Waals surface area contributed by atoms with Gasteiger partial charge in [0.05, 0.1) is 22.5 Å². The van der Waals surface area contributed by atoms with Gasteiger partial charge in [-0.3, -0.25) is 4.68 Å². The molecule has 0 aliphatic carbocycles. The minimum absolute atomic E-state index is 0.143. The molecule has 2 aromatic rings. The first-order valence-corrected chi connectivity index (χ1v) is 6.90. The number of hydrogen-bond acceptors (Lipinski definition) is 3. The summed E-state index contributed by atoms with van der Waals surface area (Å²) in [4.78, 5) is 0. The maximum absolute atomic E-state index is 6.32. The lowest BCUT2D eigenvalue weighted by atomic mass is 10.2. The highest BCUT2D eigenvalue weighted by atomic mass is 35.5. The van der Waals surface area contributed by atoms with Gasteiger partial charge in [-0.1, -0.05) is 18.5 Å². The van der Waals surface area contributed by atoms with Crippen LogP contribution < -0.4 is 5.32 Å². The van der Waals surface area contributed by atoms with E-state index in [-0.39, 0.29) is 6.04 Å². The van der Waals surface area contributed by atoms with Crippen molar-refractivity contribution in [3.63, 3.8) is 0 Å². The van der Waals surface area contributed by atoms with Crippen LogP contribution in [-0.2, 0) is 20.0 Å². The van der Waals surface area contributed by atoms with Crippen LogP contribution in [0.15, 0.2) is 16.5 Å². The average molecular weight is 282 g/mol. The third-order valence-corrected chi connectivity index (χ3v) is 3.70. The van der Waals surface area contributed by atoms with Gasteiger partial charge in [0.1, 0.15) is 11.5 Å². The summed E-state index contributed by atoms with van der Waals surface area (Å²) < 4.78 is 7.44. The summed E-state index contributed by atoms with van der Waals surface area (Å²) in [5.74, 6) is 1.86. The molecular formula is C14H20ClN3O. The van der Waals surface area contributed by atoms with Crippen LogP contribution in [0.25, 0.3) is 0 Å². The second-order valence-electron chi connectivity index (χ2n) is 4.74. The molecule has 2 aromatic heterocycles. The number of rotatable bonds is 5. The Bertz CT molecular complexity index is 559. The molecule has 0 fully saturated rings. The van der Waals surface area contributed by atoms with Crippen molar-refractivity contribution < 1.29 is 4.42 Å². The van der Waals surface area contributed by atoms with Crippen molar-refractivity contribution in [2.24, 2.45) is 7.05 Å². The lowest BCUT2D eigenvalue weighted by molar-refractivity contribution is 0.412. The Kier molecular flexibility index (Phi) is 4.32. The molecule has 0 saturated heterocycles. The summed E-state index contributed by atoms with van der Waals surface area (Å²) in [6, 6.07) is 4.11. The fourth-order valence-electron chi connectivity index (χ4n) is 2.05. The molecule has 0 amide bonds. The van der Waals surface area contributed by atoms with Crippen LogP contribution in [0, 0.1) is 6.92 Å². The van der Waals surface area contributed by atoms with E-state index in [9.17, 15) is 0 Å². The van der Waals surface area contributed by atoms with E-state index in [2.05, 4.69) is 24.3 Å². The average Bonchev–Trinajstić information content (AvgIpc) is 2.92. The Balaban J connectivity index is 2.04. The second-order valence-corrected chi connectivity index (χ2v) is 5.11. The first-order valence-electron chi connectivity index (χ1n) is 6.52. The summed E-state index contributed by atoms with van der Waals surface area (Å²) in [5.41, 5.74) is 1.95. The largest absolute Gasteiger partial charge is 0.465 e. The van der Waals surface area contributed by atoms with Crippen LogP contribution in [0.5, 0.6) is 0 Å². The first-order chi connectivity index (χ1) is 9.02. The standard InChI is InChI=1S/C14H20ClN3O/c1-5-11-14(15)12(18(4)17-11)8-16-10(3)13-7-6-9(2)19-13/h6-7,10,16H,5,8H2,1-4H3. The minimum Gasteiger partial charge on any atom is -0.465 e. The molecule has 1 unspecified atom stereocenters. The van der Waals surface area contributed by atoms with Gasteiger partial charge in [0.25, 0.3) is 0 Å². The van der Waals surface area contributed by atoms with Crippen LogP contribution in [0.4, 0.5) is 0 Å². The van der Waals surface area contributed by atoms with Gasteiger partial charge in [-0.15, -0.1) is 0 Å². The zero-order chi connectivity index (χ0) is 14.0. The smallest absolute Gasteiger partial charge is 0.120 e. The number of nitrogens with zero attached hydrogens (tertiary/aromatic N) is 2. The second kappa shape index (κ2) is 5.80. The Labute approximate surface area is 118 Å². The lowest BCUT2D eigenvalue weighted by Crippen LogP contribution is -2.19. The SMILES string of the molecule is CCc1nn(C)c(CNC(C)c2ccc(C)o2)c1Cl. The maximum Gasteiger partial charge on any atom is 0.120 e. The summed E-state index contributed by atoms with van der Waals surface area (Å²) in [6.45, 7) is 6.74. The number of aromatic nitrogens is 2. The van der Waals surface area contributed by atoms with E-state index < -0.39 is 0 Å². The van der Waals surface area contributed by atoms with E-state index in [1.165, 1.54) is 0 Å². The normalized spacial score (nSPS) is 12.9. The Morgan fingerprint density at radius 3 is 2.74 bits per heavy atom. The Morgan fingerprint density at radius 1 is 1.47 bits per heavy atom. The molecule has 0 aliphatic rings. The third kappa shape index (κ3) is 3.01. The van der Waals surface area contributed by atoms with Crippen LogP contribution in [0.1, 0.15) is 42.8 Å². The molecule has 0 aromatic carbocycles. The molecule has 0 aliphatic heterocycles. The molecule has 0 saturated carbocycles. The molecule has 19 heavy (non-hydrogen) atoms. The van der Waals surface area contributed by atoms with Gasteiger partial charge in [0.15, 0.2) is 0 Å². The van der Waals surface area contributed by atoms with Crippen LogP contribution in [-0.4, -0.2) is 9.78 Å². The molecule has 2 heterocycles. The van der Waals surface area contributed by atoms with Crippen molar-refractivity contribution in [1.29, 1.82) is 0 Å². The quantitative estimate of drug-likeness (QED) is 0.913. The van der Waals surface area contributed by atoms with Crippen molar-refractivity contribution in [2.45, 2.75) is 39.8 Å². The van der Waals surface area contributed by atoms with E-state index in [0.717, 1.165) is 34.4 Å². The Hall–Kier alpha value is -1.26. The van der Waals surface area contributed by atoms with E-state index in [1.54, 1.807) is 0 Å². The number of aryl methyl sites for hydroxylation is 3. The van der Waals surface area contributed by atoms with Crippen molar-refractivity contribution in [3.05, 3.63) is 40.1 Å². The van der Waals surface area contributed by atoms with Crippen molar-refractivity contribution in [1.82, 2.24) is 15.1 Å². The number of nitrogens with one attached hydrogen (secondary N) is 1. The molecule has 104 valence electrons. The van der Waals surface area contributed by atoms with Crippen LogP contribution >= 0.6 is 11.6 Å². The van der Waals surface area contributed by atoms with Gasteiger partial charge in [-0.05, 0) is 32.4 Å². The number of hydrogen-bond donors (Lipinski definition) is 1. The lowest BCUT2D eigenvalue weighted by Gasteiger charge is -2.11. The zero-order valence-corrected chi connectivity index (χ0v) is 12.6. The fourth-order valence-corrected chi connectivity index (χ4v) is 2.41. The summed E-state index contributed by atoms with van der Waals surface area (Å²) >= 11 is 6.32. The van der Waals surface area contributed by atoms with E-state index in [0.29, 0.717) is 6.54 Å². The topological polar surface area (TPSA) is 43.0 Å². The molecule has 1 N–H and O–H groups in total. The summed E-state index contributed by atoms with van der Waals surface area (Å²) in [6.07, 6.45) is 0.847. The molecule has 4 nitrogen and oxygen atoms in total. The first kappa shape index (κ1) is 14.2. The van der Waals surface area contributed by atoms with Crippen LogP contribution in [0.2, 0.25) is 5.02 Å². The van der Waals surface area contributed by atoms with E-state index >= 15 is 0 Å². The van der Waals surface area contributed by atoms with Gasteiger partial charge in [0.2, 0.25) is 0 Å². The highest BCUT2D eigenvalue weighted by Crippen LogP contribution is 2.22. The molecule has 5 heteroatoms.